The maximum atomic E-state index is 12.5. The number of benzene rings is 1. The summed E-state index contributed by atoms with van der Waals surface area (Å²) in [7, 11) is 0. The summed E-state index contributed by atoms with van der Waals surface area (Å²) >= 11 is 1.46. The molecule has 0 radical (unpaired) electrons. The van der Waals surface area contributed by atoms with E-state index in [1.54, 1.807) is 4.90 Å². The molecule has 138 valence electrons. The topological polar surface area (TPSA) is 49.9 Å². The van der Waals surface area contributed by atoms with Crippen LogP contribution in [0.1, 0.15) is 28.6 Å². The van der Waals surface area contributed by atoms with Crippen LogP contribution in [0.2, 0.25) is 0 Å². The number of thiophene rings is 1. The molecule has 1 aliphatic rings. The Kier molecular flexibility index (Phi) is 6.28. The molecule has 6 heteroatoms. The number of carbonyl (C=O) groups is 2. The van der Waals surface area contributed by atoms with Crippen LogP contribution in [0.15, 0.2) is 41.8 Å². The molecule has 2 heterocycles. The molecule has 1 fully saturated rings. The molecule has 3 rings (SSSR count). The number of hydrogen-bond donors (Lipinski definition) is 0. The molecule has 1 aromatic heterocycles. The van der Waals surface area contributed by atoms with Crippen molar-refractivity contribution in [1.29, 1.82) is 0 Å². The number of aryl methyl sites for hydroxylation is 1. The third-order valence-corrected chi connectivity index (χ3v) is 5.43. The molecule has 5 nitrogen and oxygen atoms in total. The molecule has 0 unspecified atom stereocenters. The van der Waals surface area contributed by atoms with Crippen molar-refractivity contribution in [2.75, 3.05) is 32.8 Å². The summed E-state index contributed by atoms with van der Waals surface area (Å²) in [6, 6.07) is 11.5. The Bertz CT molecular complexity index is 745. The van der Waals surface area contributed by atoms with Crippen molar-refractivity contribution >= 4 is 23.2 Å². The maximum absolute atomic E-state index is 12.5. The first-order chi connectivity index (χ1) is 12.7. The summed E-state index contributed by atoms with van der Waals surface area (Å²) < 4.78 is 5.75. The lowest BCUT2D eigenvalue weighted by molar-refractivity contribution is -0.133. The first-order valence-electron chi connectivity index (χ1n) is 9.00. The zero-order valence-corrected chi connectivity index (χ0v) is 15.8. The van der Waals surface area contributed by atoms with Crippen LogP contribution >= 0.6 is 11.3 Å². The van der Waals surface area contributed by atoms with Crippen molar-refractivity contribution in [3.8, 4) is 5.75 Å². The normalized spacial score (nSPS) is 14.8. The largest absolute Gasteiger partial charge is 0.483 e. The molecular formula is C20H24N2O3S. The summed E-state index contributed by atoms with van der Waals surface area (Å²) in [5.41, 5.74) is 1.10. The minimum absolute atomic E-state index is 0.0265. The van der Waals surface area contributed by atoms with Crippen LogP contribution in [0.25, 0.3) is 0 Å². The minimum Gasteiger partial charge on any atom is -0.483 e. The van der Waals surface area contributed by atoms with E-state index in [1.165, 1.54) is 11.3 Å². The molecule has 1 saturated heterocycles. The van der Waals surface area contributed by atoms with E-state index >= 15 is 0 Å². The molecule has 0 aliphatic carbocycles. The molecular weight excluding hydrogens is 348 g/mol. The molecule has 0 bridgehead atoms. The zero-order chi connectivity index (χ0) is 18.4. The van der Waals surface area contributed by atoms with Crippen molar-refractivity contribution in [3.63, 3.8) is 0 Å². The molecule has 2 amide bonds. The average molecular weight is 372 g/mol. The fraction of sp³-hybridized carbons (Fsp3) is 0.400. The Morgan fingerprint density at radius 2 is 1.81 bits per heavy atom. The van der Waals surface area contributed by atoms with Gasteiger partial charge < -0.3 is 14.5 Å². The van der Waals surface area contributed by atoms with Gasteiger partial charge in [0.2, 0.25) is 0 Å². The van der Waals surface area contributed by atoms with E-state index in [-0.39, 0.29) is 18.4 Å². The standard InChI is InChI=1S/C20H24N2O3S/c1-2-16-7-3-4-8-17(16)25-15-19(23)21-10-6-11-22(13-12-21)20(24)18-9-5-14-26-18/h3-5,7-9,14H,2,6,10-13,15H2,1H3. The van der Waals surface area contributed by atoms with Crippen LogP contribution in [0.4, 0.5) is 0 Å². The van der Waals surface area contributed by atoms with Gasteiger partial charge in [0.25, 0.3) is 11.8 Å². The third kappa shape index (κ3) is 4.43. The Hall–Kier alpha value is -2.34. The molecule has 2 aromatic rings. The lowest BCUT2D eigenvalue weighted by Crippen LogP contribution is -2.39. The highest BCUT2D eigenvalue weighted by atomic mass is 32.1. The van der Waals surface area contributed by atoms with Gasteiger partial charge in [-0.25, -0.2) is 0 Å². The second-order valence-electron chi connectivity index (χ2n) is 6.25. The van der Waals surface area contributed by atoms with Crippen molar-refractivity contribution < 1.29 is 14.3 Å². The van der Waals surface area contributed by atoms with E-state index in [0.29, 0.717) is 26.2 Å². The van der Waals surface area contributed by atoms with Crippen LogP contribution in [0.5, 0.6) is 5.75 Å². The number of amides is 2. The van der Waals surface area contributed by atoms with Gasteiger partial charge in [0, 0.05) is 26.2 Å². The smallest absolute Gasteiger partial charge is 0.263 e. The quantitative estimate of drug-likeness (QED) is 0.810. The number of hydrogen-bond acceptors (Lipinski definition) is 4. The van der Waals surface area contributed by atoms with Gasteiger partial charge in [-0.05, 0) is 35.9 Å². The summed E-state index contributed by atoms with van der Waals surface area (Å²) in [6.07, 6.45) is 1.66. The van der Waals surface area contributed by atoms with Crippen LogP contribution < -0.4 is 4.74 Å². The van der Waals surface area contributed by atoms with Crippen LogP contribution in [-0.2, 0) is 11.2 Å². The Morgan fingerprint density at radius 1 is 1.04 bits per heavy atom. The zero-order valence-electron chi connectivity index (χ0n) is 15.0. The first-order valence-corrected chi connectivity index (χ1v) is 9.88. The first kappa shape index (κ1) is 18.5. The van der Waals surface area contributed by atoms with Crippen LogP contribution in [0.3, 0.4) is 0 Å². The number of nitrogens with zero attached hydrogens (tertiary/aromatic N) is 2. The minimum atomic E-state index is -0.0265. The summed E-state index contributed by atoms with van der Waals surface area (Å²) in [5.74, 6) is 0.802. The summed E-state index contributed by atoms with van der Waals surface area (Å²) in [6.45, 7) is 4.56. The van der Waals surface area contributed by atoms with E-state index in [9.17, 15) is 9.59 Å². The average Bonchev–Trinajstić information content (AvgIpc) is 3.10. The lowest BCUT2D eigenvalue weighted by atomic mass is 10.1. The molecule has 1 aromatic carbocycles. The van der Waals surface area contributed by atoms with Crippen molar-refractivity contribution in [2.24, 2.45) is 0 Å². The Balaban J connectivity index is 1.53. The highest BCUT2D eigenvalue weighted by Crippen LogP contribution is 2.18. The van der Waals surface area contributed by atoms with Gasteiger partial charge in [-0.3, -0.25) is 9.59 Å². The van der Waals surface area contributed by atoms with Gasteiger partial charge in [-0.1, -0.05) is 31.2 Å². The van der Waals surface area contributed by atoms with Gasteiger partial charge in [0.1, 0.15) is 5.75 Å². The number of rotatable bonds is 5. The second kappa shape index (κ2) is 8.85. The monoisotopic (exact) mass is 372 g/mol. The molecule has 1 aliphatic heterocycles. The highest BCUT2D eigenvalue weighted by Gasteiger charge is 2.23. The van der Waals surface area contributed by atoms with Gasteiger partial charge in [-0.2, -0.15) is 0 Å². The third-order valence-electron chi connectivity index (χ3n) is 4.57. The Labute approximate surface area is 158 Å². The van der Waals surface area contributed by atoms with Gasteiger partial charge >= 0.3 is 0 Å². The van der Waals surface area contributed by atoms with Crippen molar-refractivity contribution in [1.82, 2.24) is 9.80 Å². The van der Waals surface area contributed by atoms with Crippen molar-refractivity contribution in [3.05, 3.63) is 52.2 Å². The van der Waals surface area contributed by atoms with E-state index in [2.05, 4.69) is 6.92 Å². The number of para-hydroxylation sites is 1. The van der Waals surface area contributed by atoms with E-state index < -0.39 is 0 Å². The predicted octanol–water partition coefficient (Wildman–Crippen LogP) is 3.06. The second-order valence-corrected chi connectivity index (χ2v) is 7.20. The molecule has 0 saturated carbocycles. The van der Waals surface area contributed by atoms with Crippen LogP contribution in [0, 0.1) is 0 Å². The number of carbonyl (C=O) groups excluding carboxylic acids is 2. The predicted molar refractivity (Wildman–Crippen MR) is 103 cm³/mol. The Morgan fingerprint density at radius 3 is 2.58 bits per heavy atom. The van der Waals surface area contributed by atoms with Crippen LogP contribution in [-0.4, -0.2) is 54.4 Å². The fourth-order valence-corrected chi connectivity index (χ4v) is 3.78. The summed E-state index contributed by atoms with van der Waals surface area (Å²) in [5, 5.41) is 1.91. The molecule has 26 heavy (non-hydrogen) atoms. The van der Waals surface area contributed by atoms with Crippen molar-refractivity contribution in [2.45, 2.75) is 19.8 Å². The molecule has 0 atom stereocenters. The van der Waals surface area contributed by atoms with E-state index in [4.69, 9.17) is 4.74 Å². The summed E-state index contributed by atoms with van der Waals surface area (Å²) in [4.78, 5) is 29.4. The lowest BCUT2D eigenvalue weighted by Gasteiger charge is -2.22. The van der Waals surface area contributed by atoms with E-state index in [0.717, 1.165) is 29.0 Å². The van der Waals surface area contributed by atoms with Gasteiger partial charge in [0.05, 0.1) is 4.88 Å². The number of ether oxygens (including phenoxy) is 1. The van der Waals surface area contributed by atoms with Gasteiger partial charge in [0.15, 0.2) is 6.61 Å². The fourth-order valence-electron chi connectivity index (χ4n) is 3.09. The maximum Gasteiger partial charge on any atom is 0.263 e. The molecule has 0 spiro atoms. The highest BCUT2D eigenvalue weighted by molar-refractivity contribution is 7.12. The van der Waals surface area contributed by atoms with Gasteiger partial charge in [-0.15, -0.1) is 11.3 Å². The molecule has 0 N–H and O–H groups in total. The van der Waals surface area contributed by atoms with E-state index in [1.807, 2.05) is 46.7 Å². The SMILES string of the molecule is CCc1ccccc1OCC(=O)N1CCCN(C(=O)c2cccs2)CC1.